The first-order valence-electron chi connectivity index (χ1n) is 7.31. The highest BCUT2D eigenvalue weighted by Gasteiger charge is 2.46. The summed E-state index contributed by atoms with van der Waals surface area (Å²) in [5.41, 5.74) is 1.28. The van der Waals surface area contributed by atoms with Crippen LogP contribution in [0, 0.1) is 5.82 Å². The number of thiocarbonyl (C=S) groups is 1. The van der Waals surface area contributed by atoms with Gasteiger partial charge < -0.3 is 15.7 Å². The number of carboxylic acid groups (broad SMARTS) is 1. The van der Waals surface area contributed by atoms with Crippen LogP contribution in [0.1, 0.15) is 20.3 Å². The fourth-order valence-corrected chi connectivity index (χ4v) is 2.55. The van der Waals surface area contributed by atoms with E-state index in [1.165, 1.54) is 37.1 Å². The van der Waals surface area contributed by atoms with Crippen molar-refractivity contribution in [3.8, 4) is 0 Å². The van der Waals surface area contributed by atoms with E-state index in [4.69, 9.17) is 17.3 Å². The molecule has 10 heteroatoms. The molecule has 134 valence electrons. The van der Waals surface area contributed by atoms with Crippen LogP contribution in [0.4, 0.5) is 10.1 Å². The highest BCUT2D eigenvalue weighted by Crippen LogP contribution is 2.22. The van der Waals surface area contributed by atoms with Crippen molar-refractivity contribution in [1.29, 1.82) is 0 Å². The maximum absolute atomic E-state index is 13.7. The van der Waals surface area contributed by atoms with Gasteiger partial charge in [0.2, 0.25) is 11.8 Å². The van der Waals surface area contributed by atoms with Crippen LogP contribution >= 0.6 is 12.2 Å². The van der Waals surface area contributed by atoms with Gasteiger partial charge in [0.25, 0.3) is 0 Å². The number of anilines is 1. The van der Waals surface area contributed by atoms with E-state index in [1.807, 2.05) is 0 Å². The van der Waals surface area contributed by atoms with Crippen molar-refractivity contribution in [2.75, 3.05) is 5.32 Å². The second kappa shape index (κ2) is 7.11. The number of carboxylic acids is 1. The van der Waals surface area contributed by atoms with Crippen molar-refractivity contribution in [3.63, 3.8) is 0 Å². The van der Waals surface area contributed by atoms with Gasteiger partial charge in [0.15, 0.2) is 5.11 Å². The number of carbonyl (C=O) groups is 3. The Bertz CT molecular complexity index is 740. The van der Waals surface area contributed by atoms with Crippen LogP contribution in [0.25, 0.3) is 0 Å². The van der Waals surface area contributed by atoms with Gasteiger partial charge in [-0.2, -0.15) is 5.01 Å². The minimum atomic E-state index is -1.31. The first kappa shape index (κ1) is 18.7. The third kappa shape index (κ3) is 4.09. The predicted octanol–water partition coefficient (Wildman–Crippen LogP) is 0.607. The Labute approximate surface area is 148 Å². The zero-order chi connectivity index (χ0) is 18.8. The van der Waals surface area contributed by atoms with Gasteiger partial charge in [0.05, 0.1) is 12.1 Å². The molecule has 0 unspecified atom stereocenters. The summed E-state index contributed by atoms with van der Waals surface area (Å²) < 4.78 is 13.7. The van der Waals surface area contributed by atoms with E-state index in [0.29, 0.717) is 0 Å². The molecule has 0 aromatic heterocycles. The SMILES string of the molecule is CC1(C)C(=O)NC(=S)NN1[C@@H](CC(=O)O)C(=O)Nc1ccccc1F. The van der Waals surface area contributed by atoms with E-state index in [2.05, 4.69) is 16.1 Å². The molecule has 1 aliphatic heterocycles. The Hall–Kier alpha value is -2.59. The van der Waals surface area contributed by atoms with Crippen molar-refractivity contribution < 1.29 is 23.9 Å². The molecular formula is C15H17FN4O4S. The molecule has 1 aromatic rings. The summed E-state index contributed by atoms with van der Waals surface area (Å²) in [7, 11) is 0. The van der Waals surface area contributed by atoms with Gasteiger partial charge >= 0.3 is 5.97 Å². The lowest BCUT2D eigenvalue weighted by atomic mass is 9.98. The Morgan fingerprint density at radius 1 is 1.40 bits per heavy atom. The van der Waals surface area contributed by atoms with E-state index >= 15 is 0 Å². The predicted molar refractivity (Wildman–Crippen MR) is 90.9 cm³/mol. The first-order valence-corrected chi connectivity index (χ1v) is 7.72. The number of hydrogen-bond donors (Lipinski definition) is 4. The molecule has 0 radical (unpaired) electrons. The summed E-state index contributed by atoms with van der Waals surface area (Å²) in [6.07, 6.45) is -0.618. The smallest absolute Gasteiger partial charge is 0.305 e. The summed E-state index contributed by atoms with van der Waals surface area (Å²) in [5, 5.41) is 15.0. The average molecular weight is 368 g/mol. The summed E-state index contributed by atoms with van der Waals surface area (Å²) in [6, 6.07) is 4.18. The number of hydrogen-bond acceptors (Lipinski definition) is 5. The molecule has 25 heavy (non-hydrogen) atoms. The van der Waals surface area contributed by atoms with Crippen molar-refractivity contribution >= 4 is 40.8 Å². The Morgan fingerprint density at radius 3 is 2.64 bits per heavy atom. The highest BCUT2D eigenvalue weighted by molar-refractivity contribution is 7.80. The summed E-state index contributed by atoms with van der Waals surface area (Å²) in [6.45, 7) is 3.00. The van der Waals surface area contributed by atoms with Crippen LogP contribution in [-0.4, -0.2) is 44.6 Å². The highest BCUT2D eigenvalue weighted by atomic mass is 32.1. The molecule has 0 aliphatic carbocycles. The number of carbonyl (C=O) groups excluding carboxylic acids is 2. The third-order valence-electron chi connectivity index (χ3n) is 3.72. The Morgan fingerprint density at radius 2 is 2.04 bits per heavy atom. The molecular weight excluding hydrogens is 351 g/mol. The second-order valence-corrected chi connectivity index (χ2v) is 6.32. The molecule has 1 saturated heterocycles. The minimum Gasteiger partial charge on any atom is -0.481 e. The summed E-state index contributed by atoms with van der Waals surface area (Å²) in [5.74, 6) is -3.21. The van der Waals surface area contributed by atoms with Gasteiger partial charge in [0.1, 0.15) is 17.4 Å². The number of nitrogens with one attached hydrogen (secondary N) is 3. The lowest BCUT2D eigenvalue weighted by molar-refractivity contribution is -0.148. The van der Waals surface area contributed by atoms with Gasteiger partial charge in [-0.05, 0) is 38.2 Å². The molecule has 0 spiro atoms. The van der Waals surface area contributed by atoms with Gasteiger partial charge in [0, 0.05) is 0 Å². The van der Waals surface area contributed by atoms with Gasteiger partial charge in [-0.3, -0.25) is 19.8 Å². The van der Waals surface area contributed by atoms with Crippen molar-refractivity contribution in [1.82, 2.24) is 15.8 Å². The lowest BCUT2D eigenvalue weighted by Gasteiger charge is -2.44. The lowest BCUT2D eigenvalue weighted by Crippen LogP contribution is -2.73. The average Bonchev–Trinajstić information content (AvgIpc) is 2.51. The van der Waals surface area contributed by atoms with Gasteiger partial charge in [-0.25, -0.2) is 4.39 Å². The van der Waals surface area contributed by atoms with E-state index < -0.39 is 41.6 Å². The number of hydrazine groups is 1. The van der Waals surface area contributed by atoms with Crippen LogP contribution in [0.15, 0.2) is 24.3 Å². The number of amides is 2. The zero-order valence-electron chi connectivity index (χ0n) is 13.5. The molecule has 2 amide bonds. The molecule has 1 heterocycles. The van der Waals surface area contributed by atoms with Crippen molar-refractivity contribution in [2.45, 2.75) is 31.8 Å². The Kier molecular flexibility index (Phi) is 5.33. The van der Waals surface area contributed by atoms with Crippen LogP contribution in [0.3, 0.4) is 0 Å². The van der Waals surface area contributed by atoms with E-state index in [0.717, 1.165) is 6.07 Å². The van der Waals surface area contributed by atoms with E-state index in [1.54, 1.807) is 0 Å². The maximum atomic E-state index is 13.7. The van der Waals surface area contributed by atoms with Crippen LogP contribution in [0.2, 0.25) is 0 Å². The molecule has 0 saturated carbocycles. The minimum absolute atomic E-state index is 0.0570. The topological polar surface area (TPSA) is 111 Å². The molecule has 1 aromatic carbocycles. The number of benzene rings is 1. The van der Waals surface area contributed by atoms with Crippen LogP contribution in [0.5, 0.6) is 0 Å². The molecule has 4 N–H and O–H groups in total. The quantitative estimate of drug-likeness (QED) is 0.564. The number of nitrogens with zero attached hydrogens (tertiary/aromatic N) is 1. The number of rotatable bonds is 5. The van der Waals surface area contributed by atoms with Crippen LogP contribution < -0.4 is 16.1 Å². The molecule has 8 nitrogen and oxygen atoms in total. The van der Waals surface area contributed by atoms with Crippen molar-refractivity contribution in [3.05, 3.63) is 30.1 Å². The molecule has 1 fully saturated rings. The number of halogens is 1. The first-order chi connectivity index (χ1) is 11.6. The fraction of sp³-hybridized carbons (Fsp3) is 0.333. The fourth-order valence-electron chi connectivity index (χ4n) is 2.36. The summed E-state index contributed by atoms with van der Waals surface area (Å²) in [4.78, 5) is 36.0. The van der Waals surface area contributed by atoms with E-state index in [9.17, 15) is 18.8 Å². The third-order valence-corrected chi connectivity index (χ3v) is 3.91. The normalized spacial score (nSPS) is 18.0. The van der Waals surface area contributed by atoms with E-state index in [-0.39, 0.29) is 10.8 Å². The molecule has 1 aliphatic rings. The molecule has 0 bridgehead atoms. The second-order valence-electron chi connectivity index (χ2n) is 5.91. The summed E-state index contributed by atoms with van der Waals surface area (Å²) >= 11 is 4.91. The monoisotopic (exact) mass is 368 g/mol. The van der Waals surface area contributed by atoms with Crippen molar-refractivity contribution in [2.24, 2.45) is 0 Å². The molecule has 1 atom stereocenters. The zero-order valence-corrected chi connectivity index (χ0v) is 14.3. The largest absolute Gasteiger partial charge is 0.481 e. The van der Waals surface area contributed by atoms with Gasteiger partial charge in [-0.15, -0.1) is 0 Å². The van der Waals surface area contributed by atoms with Gasteiger partial charge in [-0.1, -0.05) is 12.1 Å². The standard InChI is InChI=1S/C15H17FN4O4S/c1-15(2)13(24)18-14(25)19-20(15)10(7-11(21)22)12(23)17-9-6-4-3-5-8(9)16/h3-6,10H,7H2,1-2H3,(H,17,23)(H,21,22)(H2,18,19,24,25)/t10-/m0/s1. The van der Waals surface area contributed by atoms with Crippen LogP contribution in [-0.2, 0) is 14.4 Å². The maximum Gasteiger partial charge on any atom is 0.305 e. The molecule has 2 rings (SSSR count). The Balaban J connectivity index is 2.33. The number of para-hydroxylation sites is 1. The number of aliphatic carboxylic acids is 1.